The number of anilines is 1. The summed E-state index contributed by atoms with van der Waals surface area (Å²) < 4.78 is 0. The Morgan fingerprint density at radius 2 is 2.08 bits per heavy atom. The number of hydrogen-bond donors (Lipinski definition) is 1. The molecule has 1 heteroatoms. The van der Waals surface area contributed by atoms with Gasteiger partial charge in [0.25, 0.3) is 0 Å². The molecule has 0 radical (unpaired) electrons. The molecule has 0 saturated carbocycles. The summed E-state index contributed by atoms with van der Waals surface area (Å²) in [5, 5.41) is 3.12. The Bertz CT molecular complexity index is 269. The van der Waals surface area contributed by atoms with Gasteiger partial charge in [-0.3, -0.25) is 0 Å². The topological polar surface area (TPSA) is 12.0 Å². The third-order valence-electron chi connectivity index (χ3n) is 1.84. The van der Waals surface area contributed by atoms with Crippen LogP contribution in [-0.4, -0.2) is 0 Å². The van der Waals surface area contributed by atoms with E-state index in [0.29, 0.717) is 5.92 Å². The molecule has 12 heavy (non-hydrogen) atoms. The largest absolute Gasteiger partial charge is 0.362 e. The van der Waals surface area contributed by atoms with E-state index in [1.54, 1.807) is 6.20 Å². The second kappa shape index (κ2) is 3.96. The van der Waals surface area contributed by atoms with E-state index in [9.17, 15) is 0 Å². The van der Waals surface area contributed by atoms with Gasteiger partial charge in [-0.2, -0.15) is 0 Å². The summed E-state index contributed by atoms with van der Waals surface area (Å²) in [5.41, 5.74) is 2.49. The minimum absolute atomic E-state index is 0. The maximum absolute atomic E-state index is 3.65. The third kappa shape index (κ3) is 1.88. The maximum Gasteiger partial charge on any atom is 0.0414 e. The van der Waals surface area contributed by atoms with Gasteiger partial charge < -0.3 is 5.32 Å². The van der Waals surface area contributed by atoms with Crippen LogP contribution in [0.1, 0.15) is 26.8 Å². The summed E-state index contributed by atoms with van der Waals surface area (Å²) in [4.78, 5) is 0. The molecule has 0 heterocycles. The second-order valence-corrected chi connectivity index (χ2v) is 3.09. The minimum Gasteiger partial charge on any atom is -0.362 e. The van der Waals surface area contributed by atoms with Crippen molar-refractivity contribution >= 4 is 5.69 Å². The van der Waals surface area contributed by atoms with Gasteiger partial charge >= 0.3 is 0 Å². The van der Waals surface area contributed by atoms with Crippen LogP contribution in [0.3, 0.4) is 0 Å². The Morgan fingerprint density at radius 1 is 1.42 bits per heavy atom. The van der Waals surface area contributed by atoms with Gasteiger partial charge in [-0.05, 0) is 23.7 Å². The first-order valence-corrected chi connectivity index (χ1v) is 4.22. The van der Waals surface area contributed by atoms with Gasteiger partial charge in [0.1, 0.15) is 0 Å². The summed E-state index contributed by atoms with van der Waals surface area (Å²) in [5.74, 6) is 0.550. The average molecular weight is 163 g/mol. The Hall–Kier alpha value is -1.24. The molecular formula is C11H17N. The standard InChI is InChI=1S/C11H15N.H2/c1-4-12-11-8-6-5-7-10(11)9(2)3;/h4-9,12H,1H2,2-3H3;1H. The fourth-order valence-corrected chi connectivity index (χ4v) is 1.24. The molecule has 0 unspecified atom stereocenters. The van der Waals surface area contributed by atoms with Crippen molar-refractivity contribution in [2.45, 2.75) is 19.8 Å². The molecular weight excluding hydrogens is 146 g/mol. The quantitative estimate of drug-likeness (QED) is 0.717. The summed E-state index contributed by atoms with van der Waals surface area (Å²) in [6, 6.07) is 8.29. The summed E-state index contributed by atoms with van der Waals surface area (Å²) in [7, 11) is 0. The molecule has 0 aliphatic carbocycles. The zero-order valence-electron chi connectivity index (χ0n) is 7.67. The number of nitrogens with one attached hydrogen (secondary N) is 1. The van der Waals surface area contributed by atoms with Crippen LogP contribution < -0.4 is 5.32 Å². The molecule has 1 rings (SSSR count). The van der Waals surface area contributed by atoms with E-state index in [1.165, 1.54) is 5.56 Å². The minimum atomic E-state index is 0. The van der Waals surface area contributed by atoms with Crippen LogP contribution in [0.15, 0.2) is 37.0 Å². The lowest BCUT2D eigenvalue weighted by molar-refractivity contribution is 0.869. The summed E-state index contributed by atoms with van der Waals surface area (Å²) >= 11 is 0. The first-order valence-electron chi connectivity index (χ1n) is 4.22. The van der Waals surface area contributed by atoms with Gasteiger partial charge in [0.15, 0.2) is 0 Å². The maximum atomic E-state index is 3.65. The molecule has 0 fully saturated rings. The lowest BCUT2D eigenvalue weighted by atomic mass is 10.0. The molecule has 66 valence electrons. The van der Waals surface area contributed by atoms with Crippen LogP contribution in [0.2, 0.25) is 0 Å². The SMILES string of the molecule is C=CNc1ccccc1C(C)C.[HH]. The summed E-state index contributed by atoms with van der Waals surface area (Å²) in [6.45, 7) is 8.01. The van der Waals surface area contributed by atoms with Gasteiger partial charge in [0.2, 0.25) is 0 Å². The predicted octanol–water partition coefficient (Wildman–Crippen LogP) is 3.61. The van der Waals surface area contributed by atoms with Gasteiger partial charge in [0, 0.05) is 7.11 Å². The van der Waals surface area contributed by atoms with Crippen molar-refractivity contribution in [3.8, 4) is 0 Å². The van der Waals surface area contributed by atoms with Gasteiger partial charge in [-0.1, -0.05) is 38.6 Å². The van der Waals surface area contributed by atoms with E-state index in [1.807, 2.05) is 6.07 Å². The fourth-order valence-electron chi connectivity index (χ4n) is 1.24. The molecule has 1 N–H and O–H groups in total. The first-order chi connectivity index (χ1) is 5.75. The predicted molar refractivity (Wildman–Crippen MR) is 56.5 cm³/mol. The van der Waals surface area contributed by atoms with Crippen LogP contribution in [-0.2, 0) is 0 Å². The van der Waals surface area contributed by atoms with Crippen LogP contribution in [0.25, 0.3) is 0 Å². The van der Waals surface area contributed by atoms with E-state index in [-0.39, 0.29) is 1.43 Å². The Kier molecular flexibility index (Phi) is 2.92. The molecule has 0 spiro atoms. The van der Waals surface area contributed by atoms with Gasteiger partial charge in [-0.25, -0.2) is 0 Å². The van der Waals surface area contributed by atoms with E-state index < -0.39 is 0 Å². The second-order valence-electron chi connectivity index (χ2n) is 3.09. The lowest BCUT2D eigenvalue weighted by Gasteiger charge is -2.11. The van der Waals surface area contributed by atoms with Crippen LogP contribution in [0, 0.1) is 0 Å². The molecule has 0 bridgehead atoms. The smallest absolute Gasteiger partial charge is 0.0414 e. The highest BCUT2D eigenvalue weighted by Gasteiger charge is 2.02. The van der Waals surface area contributed by atoms with E-state index in [2.05, 4.69) is 43.9 Å². The molecule has 0 aromatic heterocycles. The molecule has 0 aliphatic heterocycles. The number of hydrogen-bond acceptors (Lipinski definition) is 1. The summed E-state index contributed by atoms with van der Waals surface area (Å²) in [6.07, 6.45) is 1.71. The van der Waals surface area contributed by atoms with Gasteiger partial charge in [0.05, 0.1) is 0 Å². The highest BCUT2D eigenvalue weighted by atomic mass is 14.8. The highest BCUT2D eigenvalue weighted by Crippen LogP contribution is 2.23. The lowest BCUT2D eigenvalue weighted by Crippen LogP contribution is -1.95. The van der Waals surface area contributed by atoms with Crippen molar-refractivity contribution in [3.63, 3.8) is 0 Å². The Labute approximate surface area is 75.6 Å². The normalized spacial score (nSPS) is 9.92. The zero-order valence-corrected chi connectivity index (χ0v) is 7.67. The van der Waals surface area contributed by atoms with Crippen molar-refractivity contribution < 1.29 is 1.43 Å². The Morgan fingerprint density at radius 3 is 2.67 bits per heavy atom. The van der Waals surface area contributed by atoms with Crippen molar-refractivity contribution in [2.75, 3.05) is 5.32 Å². The van der Waals surface area contributed by atoms with E-state index >= 15 is 0 Å². The molecule has 0 saturated heterocycles. The van der Waals surface area contributed by atoms with Crippen molar-refractivity contribution in [1.82, 2.24) is 0 Å². The number of rotatable bonds is 3. The van der Waals surface area contributed by atoms with Crippen molar-refractivity contribution in [3.05, 3.63) is 42.6 Å². The highest BCUT2D eigenvalue weighted by molar-refractivity contribution is 5.53. The number of para-hydroxylation sites is 1. The first kappa shape index (κ1) is 8.85. The van der Waals surface area contributed by atoms with Gasteiger partial charge in [-0.15, -0.1) is 0 Å². The van der Waals surface area contributed by atoms with Crippen molar-refractivity contribution in [1.29, 1.82) is 0 Å². The van der Waals surface area contributed by atoms with Crippen LogP contribution >= 0.6 is 0 Å². The molecule has 1 aromatic carbocycles. The molecule has 1 aromatic rings. The molecule has 0 atom stereocenters. The third-order valence-corrected chi connectivity index (χ3v) is 1.84. The van der Waals surface area contributed by atoms with Crippen LogP contribution in [0.4, 0.5) is 5.69 Å². The Balaban J connectivity index is 0.00000144. The molecule has 0 amide bonds. The van der Waals surface area contributed by atoms with Crippen molar-refractivity contribution in [2.24, 2.45) is 0 Å². The zero-order chi connectivity index (χ0) is 8.97. The average Bonchev–Trinajstić information content (AvgIpc) is 2.05. The monoisotopic (exact) mass is 163 g/mol. The molecule has 1 nitrogen and oxygen atoms in total. The van der Waals surface area contributed by atoms with E-state index in [4.69, 9.17) is 0 Å². The number of benzene rings is 1. The molecule has 0 aliphatic rings. The fraction of sp³-hybridized carbons (Fsp3) is 0.273. The van der Waals surface area contributed by atoms with E-state index in [0.717, 1.165) is 5.69 Å². The van der Waals surface area contributed by atoms with Crippen LogP contribution in [0.5, 0.6) is 0 Å².